The molecule has 2 aromatic carbocycles. The Labute approximate surface area is 160 Å². The fourth-order valence-corrected chi connectivity index (χ4v) is 3.43. The second kappa shape index (κ2) is 8.59. The van der Waals surface area contributed by atoms with Gasteiger partial charge in [0.05, 0.1) is 15.5 Å². The number of nitro groups is 1. The minimum absolute atomic E-state index is 0.0104. The maximum absolute atomic E-state index is 12.6. The zero-order valence-electron chi connectivity index (χ0n) is 14.1. The molecule has 1 aliphatic rings. The molecular formula is C18H16N2O4S2. The third kappa shape index (κ3) is 4.27. The van der Waals surface area contributed by atoms with Gasteiger partial charge in [0.1, 0.15) is 5.75 Å². The van der Waals surface area contributed by atoms with Crippen molar-refractivity contribution >= 4 is 51.7 Å². The first-order valence-corrected chi connectivity index (χ1v) is 8.99. The summed E-state index contributed by atoms with van der Waals surface area (Å²) in [6.07, 6.45) is 1.64. The van der Waals surface area contributed by atoms with E-state index in [1.807, 2.05) is 13.8 Å². The van der Waals surface area contributed by atoms with E-state index in [4.69, 9.17) is 12.2 Å². The largest absolute Gasteiger partial charge is 0.508 e. The Morgan fingerprint density at radius 3 is 2.23 bits per heavy atom. The maximum atomic E-state index is 12.6. The van der Waals surface area contributed by atoms with Crippen molar-refractivity contribution in [1.82, 2.24) is 0 Å². The van der Waals surface area contributed by atoms with Crippen molar-refractivity contribution in [3.8, 4) is 5.75 Å². The lowest BCUT2D eigenvalue weighted by molar-refractivity contribution is -0.384. The smallest absolute Gasteiger partial charge is 0.270 e. The number of amides is 1. The average Bonchev–Trinajstić information content (AvgIpc) is 2.92. The van der Waals surface area contributed by atoms with Gasteiger partial charge in [0.2, 0.25) is 0 Å². The topological polar surface area (TPSA) is 83.7 Å². The van der Waals surface area contributed by atoms with E-state index in [0.29, 0.717) is 20.5 Å². The number of aromatic hydroxyl groups is 1. The second-order valence-corrected chi connectivity index (χ2v) is 6.56. The zero-order chi connectivity index (χ0) is 19.3. The molecule has 2 aromatic rings. The van der Waals surface area contributed by atoms with Crippen LogP contribution in [0, 0.1) is 10.1 Å². The third-order valence-electron chi connectivity index (χ3n) is 3.30. The van der Waals surface area contributed by atoms with Crippen molar-refractivity contribution in [2.24, 2.45) is 0 Å². The summed E-state index contributed by atoms with van der Waals surface area (Å²) in [5.74, 6) is -0.167. The van der Waals surface area contributed by atoms with Gasteiger partial charge < -0.3 is 5.11 Å². The molecule has 26 heavy (non-hydrogen) atoms. The summed E-state index contributed by atoms with van der Waals surface area (Å²) in [4.78, 5) is 24.6. The highest BCUT2D eigenvalue weighted by Crippen LogP contribution is 2.36. The quantitative estimate of drug-likeness (QED) is 0.354. The second-order valence-electron chi connectivity index (χ2n) is 4.88. The predicted octanol–water partition coefficient (Wildman–Crippen LogP) is 4.73. The maximum Gasteiger partial charge on any atom is 0.270 e. The normalized spacial score (nSPS) is 15.0. The number of hydrogen-bond acceptors (Lipinski definition) is 6. The molecule has 0 radical (unpaired) electrons. The number of nitrogens with zero attached hydrogens (tertiary/aromatic N) is 2. The van der Waals surface area contributed by atoms with E-state index in [-0.39, 0.29) is 17.3 Å². The van der Waals surface area contributed by atoms with E-state index >= 15 is 0 Å². The van der Waals surface area contributed by atoms with Crippen LogP contribution in [0.15, 0.2) is 53.4 Å². The molecule has 0 saturated carbocycles. The predicted molar refractivity (Wildman–Crippen MR) is 108 cm³/mol. The molecule has 1 heterocycles. The number of thiocarbonyl (C=S) groups is 1. The molecule has 1 aliphatic heterocycles. The summed E-state index contributed by atoms with van der Waals surface area (Å²) < 4.78 is 0.388. The Balaban J connectivity index is 0.00000117. The molecule has 1 N–H and O–H groups in total. The summed E-state index contributed by atoms with van der Waals surface area (Å²) in [5.41, 5.74) is 1.23. The molecule has 6 nitrogen and oxygen atoms in total. The van der Waals surface area contributed by atoms with Crippen LogP contribution in [0.3, 0.4) is 0 Å². The molecule has 0 unspecified atom stereocenters. The number of carbonyl (C=O) groups excluding carboxylic acids is 1. The van der Waals surface area contributed by atoms with Gasteiger partial charge >= 0.3 is 0 Å². The minimum atomic E-state index is -0.478. The van der Waals surface area contributed by atoms with Crippen molar-refractivity contribution in [3.05, 3.63) is 69.1 Å². The van der Waals surface area contributed by atoms with Crippen LogP contribution >= 0.6 is 24.0 Å². The van der Waals surface area contributed by atoms with Crippen molar-refractivity contribution in [1.29, 1.82) is 0 Å². The van der Waals surface area contributed by atoms with Gasteiger partial charge in [-0.15, -0.1) is 0 Å². The summed E-state index contributed by atoms with van der Waals surface area (Å²) in [7, 11) is 0. The highest BCUT2D eigenvalue weighted by Gasteiger charge is 2.33. The third-order valence-corrected chi connectivity index (χ3v) is 4.61. The Morgan fingerprint density at radius 1 is 1.12 bits per heavy atom. The number of non-ortho nitro benzene ring substituents is 1. The number of hydrogen-bond donors (Lipinski definition) is 1. The summed E-state index contributed by atoms with van der Waals surface area (Å²) >= 11 is 6.41. The van der Waals surface area contributed by atoms with Crippen LogP contribution < -0.4 is 4.90 Å². The van der Waals surface area contributed by atoms with Crippen LogP contribution in [-0.4, -0.2) is 20.3 Å². The lowest BCUT2D eigenvalue weighted by Crippen LogP contribution is -2.27. The zero-order valence-corrected chi connectivity index (χ0v) is 15.7. The van der Waals surface area contributed by atoms with Gasteiger partial charge in [-0.05, 0) is 48.0 Å². The van der Waals surface area contributed by atoms with Gasteiger partial charge in [-0.25, -0.2) is 0 Å². The van der Waals surface area contributed by atoms with Gasteiger partial charge in [0.25, 0.3) is 11.6 Å². The van der Waals surface area contributed by atoms with Crippen LogP contribution in [0.1, 0.15) is 19.4 Å². The molecule has 0 atom stereocenters. The van der Waals surface area contributed by atoms with E-state index in [1.165, 1.54) is 29.2 Å². The molecule has 1 amide bonds. The number of rotatable bonds is 3. The van der Waals surface area contributed by atoms with Crippen LogP contribution in [0.2, 0.25) is 0 Å². The number of phenols is 1. The Bertz CT molecular complexity index is 862. The van der Waals surface area contributed by atoms with Gasteiger partial charge in [0.15, 0.2) is 4.32 Å². The van der Waals surface area contributed by atoms with Gasteiger partial charge in [-0.3, -0.25) is 19.8 Å². The van der Waals surface area contributed by atoms with Gasteiger partial charge in [-0.2, -0.15) is 0 Å². The monoisotopic (exact) mass is 388 g/mol. The number of thioether (sulfide) groups is 1. The molecule has 1 saturated heterocycles. The Morgan fingerprint density at radius 2 is 1.69 bits per heavy atom. The highest BCUT2D eigenvalue weighted by atomic mass is 32.2. The van der Waals surface area contributed by atoms with Crippen LogP contribution in [-0.2, 0) is 4.79 Å². The fraction of sp³-hybridized carbons (Fsp3) is 0.111. The average molecular weight is 388 g/mol. The first kappa shape index (κ1) is 19.6. The van der Waals surface area contributed by atoms with E-state index in [9.17, 15) is 20.0 Å². The number of carbonyl (C=O) groups is 1. The first-order valence-electron chi connectivity index (χ1n) is 7.77. The molecular weight excluding hydrogens is 372 g/mol. The van der Waals surface area contributed by atoms with Crippen LogP contribution in [0.5, 0.6) is 5.75 Å². The molecule has 134 valence electrons. The first-order chi connectivity index (χ1) is 12.5. The van der Waals surface area contributed by atoms with E-state index in [1.54, 1.807) is 30.3 Å². The Kier molecular flexibility index (Phi) is 6.48. The fourth-order valence-electron chi connectivity index (χ4n) is 2.14. The molecule has 0 bridgehead atoms. The van der Waals surface area contributed by atoms with Gasteiger partial charge in [-0.1, -0.05) is 37.8 Å². The summed E-state index contributed by atoms with van der Waals surface area (Å²) in [6, 6.07) is 12.1. The molecule has 0 aromatic heterocycles. The van der Waals surface area contributed by atoms with Crippen molar-refractivity contribution in [3.63, 3.8) is 0 Å². The van der Waals surface area contributed by atoms with Crippen molar-refractivity contribution in [2.75, 3.05) is 4.90 Å². The van der Waals surface area contributed by atoms with Crippen molar-refractivity contribution in [2.45, 2.75) is 13.8 Å². The molecule has 1 fully saturated rings. The van der Waals surface area contributed by atoms with Crippen molar-refractivity contribution < 1.29 is 14.8 Å². The van der Waals surface area contributed by atoms with E-state index < -0.39 is 4.92 Å². The van der Waals surface area contributed by atoms with Gasteiger partial charge in [0, 0.05) is 12.1 Å². The van der Waals surface area contributed by atoms with E-state index in [0.717, 1.165) is 11.8 Å². The summed E-state index contributed by atoms with van der Waals surface area (Å²) in [6.45, 7) is 4.00. The summed E-state index contributed by atoms with van der Waals surface area (Å²) in [5, 5.41) is 20.0. The lowest BCUT2D eigenvalue weighted by Gasteiger charge is -2.14. The minimum Gasteiger partial charge on any atom is -0.508 e. The molecule has 0 spiro atoms. The lowest BCUT2D eigenvalue weighted by atomic mass is 10.2. The number of phenolic OH excluding ortho intramolecular Hbond substituents is 1. The number of nitro benzene ring substituents is 1. The number of anilines is 1. The highest BCUT2D eigenvalue weighted by molar-refractivity contribution is 8.27. The number of benzene rings is 2. The van der Waals surface area contributed by atoms with Crippen LogP contribution in [0.4, 0.5) is 11.4 Å². The standard InChI is InChI=1S/C16H10N2O4S2.C2H6/c19-13-7-5-11(6-8-13)17-15(20)14(24-16(17)23)9-10-1-3-12(4-2-10)18(21)22;1-2/h1-9,19H;1-2H3. The molecule has 0 aliphatic carbocycles. The molecule has 8 heteroatoms. The SMILES string of the molecule is CC.O=C1C(=Cc2ccc([N+](=O)[O-])cc2)SC(=S)N1c1ccc(O)cc1. The van der Waals surface area contributed by atoms with Crippen LogP contribution in [0.25, 0.3) is 6.08 Å². The Hall–Kier alpha value is -2.71. The van der Waals surface area contributed by atoms with E-state index in [2.05, 4.69) is 0 Å². The molecule has 3 rings (SSSR count).